The summed E-state index contributed by atoms with van der Waals surface area (Å²) in [6.07, 6.45) is 5.51. The summed E-state index contributed by atoms with van der Waals surface area (Å²) >= 11 is 0. The van der Waals surface area contributed by atoms with Gasteiger partial charge in [-0.1, -0.05) is 0 Å². The molecule has 3 heterocycles. The van der Waals surface area contributed by atoms with Crippen LogP contribution in [0.25, 0.3) is 10.9 Å². The first kappa shape index (κ1) is 15.8. The first-order valence-corrected chi connectivity index (χ1v) is 8.60. The number of nitrogen functional groups attached to an aromatic ring is 1. The molecule has 25 heavy (non-hydrogen) atoms. The fourth-order valence-corrected chi connectivity index (χ4v) is 4.24. The van der Waals surface area contributed by atoms with Crippen molar-refractivity contribution in [1.82, 2.24) is 14.9 Å². The number of piperidine rings is 2. The van der Waals surface area contributed by atoms with Gasteiger partial charge in [0.1, 0.15) is 0 Å². The number of aliphatic carboxylic acids is 1. The minimum atomic E-state index is -0.746. The van der Waals surface area contributed by atoms with Crippen LogP contribution in [0.2, 0.25) is 0 Å². The zero-order valence-electron chi connectivity index (χ0n) is 13.8. The van der Waals surface area contributed by atoms with Gasteiger partial charge in [-0.3, -0.25) is 9.59 Å². The van der Waals surface area contributed by atoms with Gasteiger partial charge < -0.3 is 15.7 Å². The van der Waals surface area contributed by atoms with Crippen LogP contribution in [0.15, 0.2) is 24.4 Å². The van der Waals surface area contributed by atoms with E-state index < -0.39 is 5.97 Å². The summed E-state index contributed by atoms with van der Waals surface area (Å²) in [6, 6.07) is 5.35. The number of carboxylic acid groups (broad SMARTS) is 1. The number of aromatic nitrogens is 2. The molecule has 2 saturated heterocycles. The topological polar surface area (TPSA) is 109 Å². The van der Waals surface area contributed by atoms with Crippen LogP contribution in [0.3, 0.4) is 0 Å². The van der Waals surface area contributed by atoms with Crippen LogP contribution in [-0.2, 0) is 4.79 Å². The molecule has 7 heteroatoms. The number of nitrogens with zero attached hydrogens (tertiary/aromatic N) is 3. The summed E-state index contributed by atoms with van der Waals surface area (Å²) in [4.78, 5) is 34.5. The van der Waals surface area contributed by atoms with Crippen molar-refractivity contribution in [1.29, 1.82) is 0 Å². The molecule has 1 amide bonds. The summed E-state index contributed by atoms with van der Waals surface area (Å²) in [7, 11) is 0. The molecule has 0 saturated carbocycles. The van der Waals surface area contributed by atoms with Gasteiger partial charge in [0.15, 0.2) is 0 Å². The van der Waals surface area contributed by atoms with E-state index in [1.54, 1.807) is 24.4 Å². The number of rotatable bonds is 2. The van der Waals surface area contributed by atoms with E-state index in [0.29, 0.717) is 23.9 Å². The molecular formula is C18H20N4O3. The molecule has 130 valence electrons. The summed E-state index contributed by atoms with van der Waals surface area (Å²) < 4.78 is 0. The quantitative estimate of drug-likeness (QED) is 0.866. The number of carbonyl (C=O) groups is 2. The maximum Gasteiger partial charge on any atom is 0.306 e. The van der Waals surface area contributed by atoms with Crippen molar-refractivity contribution in [3.63, 3.8) is 0 Å². The Morgan fingerprint density at radius 3 is 2.60 bits per heavy atom. The largest absolute Gasteiger partial charge is 0.481 e. The SMILES string of the molecule is Nc1ncc2cc(C(=O)N3C4CCCC3CC(C(=O)O)C4)ccc2n1. The van der Waals surface area contributed by atoms with Gasteiger partial charge in [-0.2, -0.15) is 0 Å². The Morgan fingerprint density at radius 1 is 1.20 bits per heavy atom. The minimum absolute atomic E-state index is 0.0134. The van der Waals surface area contributed by atoms with Crippen molar-refractivity contribution in [2.45, 2.75) is 44.2 Å². The van der Waals surface area contributed by atoms with Gasteiger partial charge in [-0.25, -0.2) is 9.97 Å². The molecule has 2 aromatic rings. The third-order valence-corrected chi connectivity index (χ3v) is 5.40. The number of hydrogen-bond acceptors (Lipinski definition) is 5. The van der Waals surface area contributed by atoms with Gasteiger partial charge in [0, 0.05) is 29.2 Å². The van der Waals surface area contributed by atoms with Gasteiger partial charge in [-0.05, 0) is 50.3 Å². The predicted octanol–water partition coefficient (Wildman–Crippen LogP) is 2.07. The highest BCUT2D eigenvalue weighted by Crippen LogP contribution is 2.38. The van der Waals surface area contributed by atoms with Gasteiger partial charge in [0.05, 0.1) is 11.4 Å². The highest BCUT2D eigenvalue weighted by atomic mass is 16.4. The molecule has 2 fully saturated rings. The second-order valence-electron chi connectivity index (χ2n) is 6.96. The fraction of sp³-hybridized carbons (Fsp3) is 0.444. The number of nitrogens with two attached hydrogens (primary N) is 1. The van der Waals surface area contributed by atoms with Crippen LogP contribution in [0.4, 0.5) is 5.95 Å². The van der Waals surface area contributed by atoms with Crippen molar-refractivity contribution in [2.24, 2.45) is 5.92 Å². The molecular weight excluding hydrogens is 320 g/mol. The summed E-state index contributed by atoms with van der Waals surface area (Å²) in [5.74, 6) is -0.911. The van der Waals surface area contributed by atoms with E-state index in [9.17, 15) is 14.7 Å². The Hall–Kier alpha value is -2.70. The second kappa shape index (κ2) is 5.98. The zero-order valence-corrected chi connectivity index (χ0v) is 13.8. The molecule has 0 spiro atoms. The number of benzene rings is 1. The number of carbonyl (C=O) groups excluding carboxylic acids is 1. The van der Waals surface area contributed by atoms with Crippen molar-refractivity contribution in [3.05, 3.63) is 30.0 Å². The molecule has 3 N–H and O–H groups in total. The molecule has 0 radical (unpaired) electrons. The lowest BCUT2D eigenvalue weighted by Gasteiger charge is -2.48. The third kappa shape index (κ3) is 2.79. The molecule has 2 aliphatic heterocycles. The van der Waals surface area contributed by atoms with Gasteiger partial charge in [0.2, 0.25) is 5.95 Å². The molecule has 4 rings (SSSR count). The lowest BCUT2D eigenvalue weighted by Crippen LogP contribution is -2.55. The molecule has 2 aliphatic rings. The van der Waals surface area contributed by atoms with E-state index >= 15 is 0 Å². The van der Waals surface area contributed by atoms with Crippen molar-refractivity contribution >= 4 is 28.7 Å². The first-order valence-electron chi connectivity index (χ1n) is 8.60. The van der Waals surface area contributed by atoms with Crippen molar-refractivity contribution < 1.29 is 14.7 Å². The molecule has 1 aromatic carbocycles. The number of carboxylic acids is 1. The van der Waals surface area contributed by atoms with E-state index in [-0.39, 0.29) is 29.9 Å². The molecule has 2 bridgehead atoms. The van der Waals surface area contributed by atoms with Crippen LogP contribution in [-0.4, -0.2) is 43.9 Å². The first-order chi connectivity index (χ1) is 12.0. The normalized spacial score (nSPS) is 25.8. The standard InChI is InChI=1S/C18H20N4O3/c19-18-20-9-12-6-10(4-5-15(12)21-18)16(23)22-13-2-1-3-14(22)8-11(7-13)17(24)25/h4-6,9,11,13-14H,1-3,7-8H2,(H,24,25)(H2,19,20,21). The minimum Gasteiger partial charge on any atom is -0.481 e. The zero-order chi connectivity index (χ0) is 17.6. The number of fused-ring (bicyclic) bond motifs is 3. The summed E-state index contributed by atoms with van der Waals surface area (Å²) in [5, 5.41) is 10.1. The second-order valence-corrected chi connectivity index (χ2v) is 6.96. The predicted molar refractivity (Wildman–Crippen MR) is 91.9 cm³/mol. The average Bonchev–Trinajstić information content (AvgIpc) is 2.59. The van der Waals surface area contributed by atoms with E-state index in [0.717, 1.165) is 24.6 Å². The lowest BCUT2D eigenvalue weighted by molar-refractivity contribution is -0.145. The Bertz CT molecular complexity index is 839. The molecule has 0 aliphatic carbocycles. The molecule has 7 nitrogen and oxygen atoms in total. The van der Waals surface area contributed by atoms with Crippen LogP contribution >= 0.6 is 0 Å². The summed E-state index contributed by atoms with van der Waals surface area (Å²) in [5.41, 5.74) is 6.88. The maximum absolute atomic E-state index is 13.1. The van der Waals surface area contributed by atoms with E-state index in [4.69, 9.17) is 5.73 Å². The molecule has 1 aromatic heterocycles. The highest BCUT2D eigenvalue weighted by molar-refractivity contribution is 5.98. The number of anilines is 1. The Morgan fingerprint density at radius 2 is 1.92 bits per heavy atom. The van der Waals surface area contributed by atoms with Crippen molar-refractivity contribution in [2.75, 3.05) is 5.73 Å². The van der Waals surface area contributed by atoms with Gasteiger partial charge >= 0.3 is 5.97 Å². The number of amides is 1. The third-order valence-electron chi connectivity index (χ3n) is 5.40. The monoisotopic (exact) mass is 340 g/mol. The van der Waals surface area contributed by atoms with E-state index in [1.807, 2.05) is 4.90 Å². The average molecular weight is 340 g/mol. The number of hydrogen-bond donors (Lipinski definition) is 2. The summed E-state index contributed by atoms with van der Waals surface area (Å²) in [6.45, 7) is 0. The van der Waals surface area contributed by atoms with Crippen LogP contribution < -0.4 is 5.73 Å². The van der Waals surface area contributed by atoms with Crippen LogP contribution in [0, 0.1) is 5.92 Å². The van der Waals surface area contributed by atoms with E-state index in [1.165, 1.54) is 0 Å². The Balaban J connectivity index is 1.64. The van der Waals surface area contributed by atoms with Gasteiger partial charge in [-0.15, -0.1) is 0 Å². The Kier molecular flexibility index (Phi) is 3.78. The highest BCUT2D eigenvalue weighted by Gasteiger charge is 2.43. The molecule has 2 atom stereocenters. The molecule has 2 unspecified atom stereocenters. The van der Waals surface area contributed by atoms with Crippen molar-refractivity contribution in [3.8, 4) is 0 Å². The van der Waals surface area contributed by atoms with Crippen LogP contribution in [0.1, 0.15) is 42.5 Å². The maximum atomic E-state index is 13.1. The van der Waals surface area contributed by atoms with Gasteiger partial charge in [0.25, 0.3) is 5.91 Å². The van der Waals surface area contributed by atoms with E-state index in [2.05, 4.69) is 9.97 Å². The Labute approximate surface area is 144 Å². The smallest absolute Gasteiger partial charge is 0.306 e. The fourth-order valence-electron chi connectivity index (χ4n) is 4.24. The van der Waals surface area contributed by atoms with Crippen LogP contribution in [0.5, 0.6) is 0 Å². The lowest BCUT2D eigenvalue weighted by atomic mass is 9.78.